The zero-order chi connectivity index (χ0) is 26.4. The number of nitrogens with zero attached hydrogens (tertiary/aromatic N) is 5. The van der Waals surface area contributed by atoms with E-state index in [0.717, 1.165) is 54.6 Å². The molecular formula is C28H35N5O4. The average molecular weight is 506 g/mol. The summed E-state index contributed by atoms with van der Waals surface area (Å²) in [5, 5.41) is 18.3. The summed E-state index contributed by atoms with van der Waals surface area (Å²) in [6.07, 6.45) is 4.87. The number of aliphatic hydroxyl groups is 1. The number of aromatic nitrogens is 3. The number of amides is 2. The van der Waals surface area contributed by atoms with Crippen molar-refractivity contribution >= 4 is 17.5 Å². The number of hydrogen-bond donors (Lipinski definition) is 1. The molecule has 2 heterocycles. The Morgan fingerprint density at radius 3 is 2.51 bits per heavy atom. The highest BCUT2D eigenvalue weighted by molar-refractivity contribution is 5.94. The lowest BCUT2D eigenvalue weighted by molar-refractivity contribution is -0.116. The van der Waals surface area contributed by atoms with Crippen LogP contribution in [0.15, 0.2) is 42.5 Å². The van der Waals surface area contributed by atoms with Gasteiger partial charge in [-0.05, 0) is 49.1 Å². The van der Waals surface area contributed by atoms with Crippen LogP contribution in [0.3, 0.4) is 0 Å². The first-order valence-corrected chi connectivity index (χ1v) is 12.8. The van der Waals surface area contributed by atoms with Crippen LogP contribution in [0.4, 0.5) is 5.69 Å². The Hall–Kier alpha value is -3.72. The molecule has 0 fully saturated rings. The van der Waals surface area contributed by atoms with Crippen LogP contribution >= 0.6 is 0 Å². The molecule has 1 aromatic heterocycles. The van der Waals surface area contributed by atoms with Crippen LogP contribution < -0.4 is 9.64 Å². The normalized spacial score (nSPS) is 14.9. The van der Waals surface area contributed by atoms with Crippen molar-refractivity contribution in [3.05, 3.63) is 65.0 Å². The van der Waals surface area contributed by atoms with Crippen LogP contribution in [-0.2, 0) is 17.9 Å². The van der Waals surface area contributed by atoms with Gasteiger partial charge >= 0.3 is 0 Å². The number of carbonyl (C=O) groups excluding carboxylic acids is 2. The minimum atomic E-state index is -0.199. The third-order valence-electron chi connectivity index (χ3n) is 6.86. The fourth-order valence-corrected chi connectivity index (χ4v) is 4.77. The summed E-state index contributed by atoms with van der Waals surface area (Å²) in [6, 6.07) is 13.1. The molecule has 3 aromatic rings. The van der Waals surface area contributed by atoms with Crippen molar-refractivity contribution in [2.45, 2.75) is 59.1 Å². The van der Waals surface area contributed by atoms with E-state index < -0.39 is 0 Å². The molecule has 0 bridgehead atoms. The average Bonchev–Trinajstić information content (AvgIpc) is 3.29. The second-order valence-electron chi connectivity index (χ2n) is 9.42. The highest BCUT2D eigenvalue weighted by Crippen LogP contribution is 2.27. The zero-order valence-electron chi connectivity index (χ0n) is 21.8. The number of fused-ring (bicyclic) bond motifs is 1. The number of methoxy groups -OCH3 is 1. The van der Waals surface area contributed by atoms with Gasteiger partial charge < -0.3 is 19.6 Å². The maximum atomic E-state index is 13.8. The molecule has 0 atom stereocenters. The standard InChI is InChI=1S/C28H35N5O4/c1-20-27(29-30-33(20)24-10-9-11-25(17-24)37-3)28(36)31-14-7-5-4-6-8-15-32(21(2)35)26-16-22(19-34)12-13-23(26)18-31/h9-13,16-17,34H,4-8,14-15,18-19H2,1-3H3. The van der Waals surface area contributed by atoms with E-state index in [2.05, 4.69) is 10.3 Å². The van der Waals surface area contributed by atoms with Crippen molar-refractivity contribution in [2.75, 3.05) is 25.1 Å². The quantitative estimate of drug-likeness (QED) is 0.575. The van der Waals surface area contributed by atoms with E-state index in [1.54, 1.807) is 28.5 Å². The van der Waals surface area contributed by atoms with Gasteiger partial charge in [0.2, 0.25) is 5.91 Å². The van der Waals surface area contributed by atoms with Crippen molar-refractivity contribution in [1.82, 2.24) is 19.9 Å². The minimum absolute atomic E-state index is 0.0525. The van der Waals surface area contributed by atoms with Crippen LogP contribution in [0, 0.1) is 6.92 Å². The first kappa shape index (κ1) is 26.3. The predicted molar refractivity (Wildman–Crippen MR) is 141 cm³/mol. The van der Waals surface area contributed by atoms with E-state index in [-0.39, 0.29) is 18.4 Å². The van der Waals surface area contributed by atoms with E-state index in [1.807, 2.05) is 49.4 Å². The van der Waals surface area contributed by atoms with Gasteiger partial charge in [0.1, 0.15) is 5.75 Å². The molecule has 2 aromatic carbocycles. The fraction of sp³-hybridized carbons (Fsp3) is 0.429. The summed E-state index contributed by atoms with van der Waals surface area (Å²) in [6.45, 7) is 4.79. The lowest BCUT2D eigenvalue weighted by atomic mass is 10.0. The maximum absolute atomic E-state index is 13.8. The summed E-state index contributed by atoms with van der Waals surface area (Å²) >= 11 is 0. The van der Waals surface area contributed by atoms with Crippen molar-refractivity contribution in [2.24, 2.45) is 0 Å². The van der Waals surface area contributed by atoms with Crippen LogP contribution in [0.25, 0.3) is 5.69 Å². The number of ether oxygens (including phenoxy) is 1. The van der Waals surface area contributed by atoms with E-state index in [0.29, 0.717) is 36.8 Å². The number of hydrogen-bond acceptors (Lipinski definition) is 6. The summed E-state index contributed by atoms with van der Waals surface area (Å²) in [7, 11) is 1.60. The Morgan fingerprint density at radius 1 is 1.03 bits per heavy atom. The second-order valence-corrected chi connectivity index (χ2v) is 9.42. The Kier molecular flexibility index (Phi) is 8.55. The van der Waals surface area contributed by atoms with Gasteiger partial charge in [-0.25, -0.2) is 4.68 Å². The van der Waals surface area contributed by atoms with E-state index in [4.69, 9.17) is 4.74 Å². The molecule has 9 nitrogen and oxygen atoms in total. The monoisotopic (exact) mass is 505 g/mol. The Bertz CT molecular complexity index is 1260. The van der Waals surface area contributed by atoms with Crippen LogP contribution in [0.1, 0.15) is 66.3 Å². The smallest absolute Gasteiger partial charge is 0.276 e. The van der Waals surface area contributed by atoms with Gasteiger partial charge in [-0.15, -0.1) is 5.10 Å². The molecule has 1 aliphatic heterocycles. The molecular weight excluding hydrogens is 470 g/mol. The summed E-state index contributed by atoms with van der Waals surface area (Å²) in [5.74, 6) is 0.441. The third-order valence-corrected chi connectivity index (χ3v) is 6.86. The molecule has 0 spiro atoms. The number of aliphatic hydroxyl groups excluding tert-OH is 1. The topological polar surface area (TPSA) is 101 Å². The highest BCUT2D eigenvalue weighted by atomic mass is 16.5. The second kappa shape index (κ2) is 12.0. The molecule has 9 heteroatoms. The molecule has 1 N–H and O–H groups in total. The van der Waals surface area contributed by atoms with Gasteiger partial charge in [0, 0.05) is 38.3 Å². The zero-order valence-corrected chi connectivity index (χ0v) is 21.8. The Labute approximate surface area is 217 Å². The van der Waals surface area contributed by atoms with E-state index in [1.165, 1.54) is 0 Å². The fourth-order valence-electron chi connectivity index (χ4n) is 4.77. The number of benzene rings is 2. The maximum Gasteiger partial charge on any atom is 0.276 e. The van der Waals surface area contributed by atoms with Crippen LogP contribution in [-0.4, -0.2) is 57.0 Å². The number of carbonyl (C=O) groups is 2. The number of rotatable bonds is 4. The summed E-state index contributed by atoms with van der Waals surface area (Å²) in [5.41, 5.74) is 4.04. The summed E-state index contributed by atoms with van der Waals surface area (Å²) < 4.78 is 6.97. The third kappa shape index (κ3) is 5.99. The Morgan fingerprint density at radius 2 is 1.78 bits per heavy atom. The minimum Gasteiger partial charge on any atom is -0.497 e. The van der Waals surface area contributed by atoms with Crippen LogP contribution in [0.5, 0.6) is 5.75 Å². The van der Waals surface area contributed by atoms with Gasteiger partial charge in [0.15, 0.2) is 5.69 Å². The molecule has 2 amide bonds. The SMILES string of the molecule is COc1cccc(-n2nnc(C(=O)N3CCCCCCCN(C(C)=O)c4cc(CO)ccc4C3)c2C)c1. The van der Waals surface area contributed by atoms with Gasteiger partial charge in [-0.2, -0.15) is 0 Å². The van der Waals surface area contributed by atoms with Crippen molar-refractivity contribution < 1.29 is 19.4 Å². The first-order valence-electron chi connectivity index (χ1n) is 12.8. The lowest BCUT2D eigenvalue weighted by Crippen LogP contribution is -2.35. The molecule has 0 aliphatic carbocycles. The van der Waals surface area contributed by atoms with E-state index in [9.17, 15) is 14.7 Å². The predicted octanol–water partition coefficient (Wildman–Crippen LogP) is 4.04. The van der Waals surface area contributed by atoms with Gasteiger partial charge in [-0.1, -0.05) is 42.7 Å². The van der Waals surface area contributed by atoms with Gasteiger partial charge in [0.25, 0.3) is 5.91 Å². The molecule has 0 radical (unpaired) electrons. The molecule has 4 rings (SSSR count). The van der Waals surface area contributed by atoms with Crippen molar-refractivity contribution in [3.8, 4) is 11.4 Å². The molecule has 1 aliphatic rings. The molecule has 0 saturated heterocycles. The first-order chi connectivity index (χ1) is 17.9. The highest BCUT2D eigenvalue weighted by Gasteiger charge is 2.26. The van der Waals surface area contributed by atoms with Gasteiger partial charge in [0.05, 0.1) is 25.1 Å². The molecule has 196 valence electrons. The van der Waals surface area contributed by atoms with E-state index >= 15 is 0 Å². The van der Waals surface area contributed by atoms with Crippen molar-refractivity contribution in [1.29, 1.82) is 0 Å². The van der Waals surface area contributed by atoms with Crippen LogP contribution in [0.2, 0.25) is 0 Å². The molecule has 0 saturated carbocycles. The summed E-state index contributed by atoms with van der Waals surface area (Å²) in [4.78, 5) is 30.0. The lowest BCUT2D eigenvalue weighted by Gasteiger charge is -2.29. The molecule has 0 unspecified atom stereocenters. The molecule has 37 heavy (non-hydrogen) atoms. The largest absolute Gasteiger partial charge is 0.497 e. The van der Waals surface area contributed by atoms with Gasteiger partial charge in [-0.3, -0.25) is 9.59 Å². The Balaban J connectivity index is 1.69. The van der Waals surface area contributed by atoms with Crippen molar-refractivity contribution in [3.63, 3.8) is 0 Å². The number of anilines is 1.